The van der Waals surface area contributed by atoms with Crippen LogP contribution in [0.1, 0.15) is 43.9 Å². The Labute approximate surface area is 247 Å². The molecule has 0 aliphatic heterocycles. The van der Waals surface area contributed by atoms with Gasteiger partial charge in [-0.3, -0.25) is 13.9 Å². The molecule has 3 aromatic carbocycles. The molecule has 0 saturated heterocycles. The van der Waals surface area contributed by atoms with E-state index in [0.29, 0.717) is 0 Å². The molecular weight excluding hydrogens is 569 g/mol. The Hall–Kier alpha value is -3.07. The maximum absolute atomic E-state index is 14.0. The number of halogens is 2. The van der Waals surface area contributed by atoms with Crippen molar-refractivity contribution in [2.45, 2.75) is 64.6 Å². The number of nitrogens with zero attached hydrogens (tertiary/aromatic N) is 2. The molecule has 7 nitrogen and oxygen atoms in total. The van der Waals surface area contributed by atoms with E-state index in [-0.39, 0.29) is 39.1 Å². The number of benzene rings is 3. The highest BCUT2D eigenvalue weighted by atomic mass is 35.5. The summed E-state index contributed by atoms with van der Waals surface area (Å²) in [6.07, 6.45) is 0.726. The van der Waals surface area contributed by atoms with Crippen molar-refractivity contribution in [3.8, 4) is 0 Å². The Bertz CT molecular complexity index is 1460. The topological polar surface area (TPSA) is 86.8 Å². The van der Waals surface area contributed by atoms with Crippen molar-refractivity contribution in [3.63, 3.8) is 0 Å². The number of nitrogens with one attached hydrogen (secondary N) is 1. The highest BCUT2D eigenvalue weighted by molar-refractivity contribution is 7.92. The van der Waals surface area contributed by atoms with Crippen molar-refractivity contribution in [2.75, 3.05) is 10.8 Å². The summed E-state index contributed by atoms with van der Waals surface area (Å²) in [7, 11) is -4.19. The summed E-state index contributed by atoms with van der Waals surface area (Å²) in [6, 6.07) is 17.4. The lowest BCUT2D eigenvalue weighted by Crippen LogP contribution is -2.52. The lowest BCUT2D eigenvalue weighted by atomic mass is 10.1. The van der Waals surface area contributed by atoms with Gasteiger partial charge in [-0.25, -0.2) is 8.42 Å². The Kier molecular flexibility index (Phi) is 10.6. The van der Waals surface area contributed by atoms with Gasteiger partial charge in [-0.05, 0) is 70.0 Å². The SMILES string of the molecule is CC[C@@H](C)NC(=O)[C@@H](C)N(Cc1cccc(C)c1)C(=O)CN(c1ccc(Cl)c(Cl)c1)S(=O)(=O)c1ccc(C)cc1. The monoisotopic (exact) mass is 603 g/mol. The molecule has 0 fully saturated rings. The number of hydrogen-bond donors (Lipinski definition) is 1. The first-order valence-electron chi connectivity index (χ1n) is 13.0. The summed E-state index contributed by atoms with van der Waals surface area (Å²) in [5.41, 5.74) is 2.89. The lowest BCUT2D eigenvalue weighted by molar-refractivity contribution is -0.139. The number of sulfonamides is 1. The molecule has 0 spiro atoms. The quantitative estimate of drug-likeness (QED) is 0.285. The van der Waals surface area contributed by atoms with Crippen LogP contribution in [0, 0.1) is 13.8 Å². The van der Waals surface area contributed by atoms with E-state index in [9.17, 15) is 18.0 Å². The second-order valence-electron chi connectivity index (χ2n) is 9.93. The molecule has 0 aliphatic carbocycles. The standard InChI is InChI=1S/C30H35Cl2N3O4S/c1-6-22(4)33-30(37)23(5)34(18-24-9-7-8-21(3)16-24)29(36)19-35(25-12-15-27(31)28(32)17-25)40(38,39)26-13-10-20(2)11-14-26/h7-17,22-23H,6,18-19H2,1-5H3,(H,33,37)/t22-,23-/m1/s1. The molecule has 0 aromatic heterocycles. The Morgan fingerprint density at radius 1 is 0.900 bits per heavy atom. The van der Waals surface area contributed by atoms with Gasteiger partial charge in [0.2, 0.25) is 11.8 Å². The fourth-order valence-electron chi connectivity index (χ4n) is 4.06. The molecule has 1 N–H and O–H groups in total. The van der Waals surface area contributed by atoms with Crippen LogP contribution < -0.4 is 9.62 Å². The van der Waals surface area contributed by atoms with Crippen LogP contribution in [-0.4, -0.2) is 43.8 Å². The average Bonchev–Trinajstić information content (AvgIpc) is 2.91. The van der Waals surface area contributed by atoms with E-state index in [2.05, 4.69) is 5.32 Å². The van der Waals surface area contributed by atoms with E-state index in [1.165, 1.54) is 35.2 Å². The van der Waals surface area contributed by atoms with Crippen LogP contribution in [-0.2, 0) is 26.2 Å². The van der Waals surface area contributed by atoms with Gasteiger partial charge in [0, 0.05) is 12.6 Å². The predicted molar refractivity (Wildman–Crippen MR) is 161 cm³/mol. The summed E-state index contributed by atoms with van der Waals surface area (Å²) in [5.74, 6) is -0.868. The van der Waals surface area contributed by atoms with E-state index in [0.717, 1.165) is 27.4 Å². The number of amides is 2. The second kappa shape index (κ2) is 13.5. The number of hydrogen-bond acceptors (Lipinski definition) is 4. The Morgan fingerprint density at radius 2 is 1.57 bits per heavy atom. The van der Waals surface area contributed by atoms with Gasteiger partial charge in [-0.2, -0.15) is 0 Å². The average molecular weight is 605 g/mol. The molecule has 0 radical (unpaired) electrons. The second-order valence-corrected chi connectivity index (χ2v) is 12.6. The Balaban J connectivity index is 2.05. The number of rotatable bonds is 11. The van der Waals surface area contributed by atoms with Crippen LogP contribution in [0.2, 0.25) is 10.0 Å². The smallest absolute Gasteiger partial charge is 0.264 e. The molecule has 0 saturated carbocycles. The van der Waals surface area contributed by atoms with Gasteiger partial charge >= 0.3 is 0 Å². The molecule has 3 rings (SSSR count). The largest absolute Gasteiger partial charge is 0.352 e. The summed E-state index contributed by atoms with van der Waals surface area (Å²) in [5, 5.41) is 3.32. The Morgan fingerprint density at radius 3 is 2.17 bits per heavy atom. The van der Waals surface area contributed by atoms with Crippen LogP contribution >= 0.6 is 23.2 Å². The van der Waals surface area contributed by atoms with Crippen LogP contribution in [0.5, 0.6) is 0 Å². The van der Waals surface area contributed by atoms with Crippen molar-refractivity contribution in [1.82, 2.24) is 10.2 Å². The number of carbonyl (C=O) groups is 2. The fraction of sp³-hybridized carbons (Fsp3) is 0.333. The normalized spacial score (nSPS) is 12.9. The first-order valence-corrected chi connectivity index (χ1v) is 15.2. The molecule has 0 aliphatic rings. The zero-order valence-corrected chi connectivity index (χ0v) is 25.6. The van der Waals surface area contributed by atoms with Gasteiger partial charge in [-0.1, -0.05) is 77.7 Å². The van der Waals surface area contributed by atoms with Crippen molar-refractivity contribution in [3.05, 3.63) is 93.5 Å². The minimum Gasteiger partial charge on any atom is -0.352 e. The van der Waals surface area contributed by atoms with Gasteiger partial charge < -0.3 is 10.2 Å². The van der Waals surface area contributed by atoms with Crippen molar-refractivity contribution < 1.29 is 18.0 Å². The minimum absolute atomic E-state index is 0.0183. The lowest BCUT2D eigenvalue weighted by Gasteiger charge is -2.32. The molecule has 0 bridgehead atoms. The summed E-state index contributed by atoms with van der Waals surface area (Å²) >= 11 is 12.4. The van der Waals surface area contributed by atoms with E-state index in [1.807, 2.05) is 52.0 Å². The zero-order valence-electron chi connectivity index (χ0n) is 23.3. The molecule has 10 heteroatoms. The van der Waals surface area contributed by atoms with E-state index < -0.39 is 28.5 Å². The summed E-state index contributed by atoms with van der Waals surface area (Å²) in [4.78, 5) is 28.5. The zero-order chi connectivity index (χ0) is 29.6. The number of aryl methyl sites for hydroxylation is 2. The van der Waals surface area contributed by atoms with Crippen LogP contribution in [0.15, 0.2) is 71.6 Å². The molecule has 0 unspecified atom stereocenters. The molecule has 214 valence electrons. The number of carbonyl (C=O) groups excluding carboxylic acids is 2. The first-order chi connectivity index (χ1) is 18.8. The minimum atomic E-state index is -4.19. The maximum Gasteiger partial charge on any atom is 0.264 e. The highest BCUT2D eigenvalue weighted by Gasteiger charge is 2.33. The summed E-state index contributed by atoms with van der Waals surface area (Å²) < 4.78 is 28.8. The molecule has 2 atom stereocenters. The fourth-order valence-corrected chi connectivity index (χ4v) is 5.76. The van der Waals surface area contributed by atoms with E-state index in [4.69, 9.17) is 23.2 Å². The molecule has 40 heavy (non-hydrogen) atoms. The first kappa shape index (κ1) is 31.5. The third-order valence-electron chi connectivity index (χ3n) is 6.68. The molecule has 3 aromatic rings. The van der Waals surface area contributed by atoms with Crippen LogP contribution in [0.25, 0.3) is 0 Å². The predicted octanol–water partition coefficient (Wildman–Crippen LogP) is 6.14. The van der Waals surface area contributed by atoms with Crippen molar-refractivity contribution in [1.29, 1.82) is 0 Å². The molecule has 2 amide bonds. The maximum atomic E-state index is 14.0. The van der Waals surface area contributed by atoms with Crippen molar-refractivity contribution in [2.24, 2.45) is 0 Å². The molecule has 0 heterocycles. The van der Waals surface area contributed by atoms with Gasteiger partial charge in [-0.15, -0.1) is 0 Å². The van der Waals surface area contributed by atoms with Gasteiger partial charge in [0.25, 0.3) is 10.0 Å². The van der Waals surface area contributed by atoms with E-state index >= 15 is 0 Å². The third kappa shape index (κ3) is 7.77. The molecular formula is C30H35Cl2N3O4S. The third-order valence-corrected chi connectivity index (χ3v) is 9.21. The number of anilines is 1. The van der Waals surface area contributed by atoms with Crippen molar-refractivity contribution >= 4 is 50.7 Å². The highest BCUT2D eigenvalue weighted by Crippen LogP contribution is 2.31. The summed E-state index contributed by atoms with van der Waals surface area (Å²) in [6.45, 7) is 8.84. The van der Waals surface area contributed by atoms with E-state index in [1.54, 1.807) is 19.1 Å². The van der Waals surface area contributed by atoms with Crippen LogP contribution in [0.3, 0.4) is 0 Å². The van der Waals surface area contributed by atoms with Crippen LogP contribution in [0.4, 0.5) is 5.69 Å². The van der Waals surface area contributed by atoms with Gasteiger partial charge in [0.15, 0.2) is 0 Å². The van der Waals surface area contributed by atoms with Gasteiger partial charge in [0.1, 0.15) is 12.6 Å². The van der Waals surface area contributed by atoms with Gasteiger partial charge in [0.05, 0.1) is 20.6 Å².